The lowest BCUT2D eigenvalue weighted by Crippen LogP contribution is -2.45. The molecule has 0 radical (unpaired) electrons. The van der Waals surface area contributed by atoms with E-state index in [9.17, 15) is 25.2 Å². The van der Waals surface area contributed by atoms with E-state index in [0.29, 0.717) is 0 Å². The smallest absolute Gasteiger partial charge is 0.163 e. The van der Waals surface area contributed by atoms with Gasteiger partial charge in [-0.3, -0.25) is 4.79 Å². The average molecular weight is 284 g/mol. The summed E-state index contributed by atoms with van der Waals surface area (Å²) in [5, 5.41) is 38.5. The minimum Gasteiger partial charge on any atom is -0.393 e. The Hall–Kier alpha value is -0.750. The Bertz CT molecular complexity index is 347. The molecule has 5 nitrogen and oxygen atoms in total. The van der Waals surface area contributed by atoms with Gasteiger partial charge >= 0.3 is 0 Å². The van der Waals surface area contributed by atoms with Gasteiger partial charge in [0.05, 0.1) is 30.3 Å². The fraction of sp³-hybridized carbons (Fsp3) is 0.800. The molecule has 0 amide bonds. The minimum absolute atomic E-state index is 0.136. The second-order valence-corrected chi connectivity index (χ2v) is 6.12. The Balaban J connectivity index is 1.90. The monoisotopic (exact) mass is 284 g/mol. The third-order valence-corrected chi connectivity index (χ3v) is 4.46. The Morgan fingerprint density at radius 3 is 1.95 bits per heavy atom. The molecular weight excluding hydrogens is 260 g/mol. The first-order valence-electron chi connectivity index (χ1n) is 7.41. The molecule has 20 heavy (non-hydrogen) atoms. The van der Waals surface area contributed by atoms with Crippen LogP contribution in [0.1, 0.15) is 38.5 Å². The third kappa shape index (κ3) is 3.88. The molecule has 0 bridgehead atoms. The molecule has 0 heterocycles. The summed E-state index contributed by atoms with van der Waals surface area (Å²) in [6.45, 7) is 0. The Labute approximate surface area is 118 Å². The first-order chi connectivity index (χ1) is 9.47. The molecule has 0 aromatic rings. The summed E-state index contributed by atoms with van der Waals surface area (Å²) in [6.07, 6.45) is 3.85. The second kappa shape index (κ2) is 6.80. The fourth-order valence-corrected chi connectivity index (χ4v) is 3.22. The molecule has 0 aliphatic heterocycles. The topological polar surface area (TPSA) is 98.0 Å². The van der Waals surface area contributed by atoms with Gasteiger partial charge in [0.2, 0.25) is 0 Å². The number of aliphatic hydroxyl groups excluding tert-OH is 4. The van der Waals surface area contributed by atoms with Crippen LogP contribution in [-0.4, -0.2) is 50.6 Å². The van der Waals surface area contributed by atoms with Crippen LogP contribution < -0.4 is 0 Å². The summed E-state index contributed by atoms with van der Waals surface area (Å²) in [5.41, 5.74) is 0. The SMILES string of the molecule is O=C(/C=C/C1CCC(O)CC1)C1C(O)CC(O)CC1O. The van der Waals surface area contributed by atoms with Crippen molar-refractivity contribution in [3.63, 3.8) is 0 Å². The maximum atomic E-state index is 12.1. The molecule has 114 valence electrons. The number of hydrogen-bond acceptors (Lipinski definition) is 5. The van der Waals surface area contributed by atoms with Gasteiger partial charge in [0.25, 0.3) is 0 Å². The van der Waals surface area contributed by atoms with Crippen molar-refractivity contribution in [1.82, 2.24) is 0 Å². The number of allylic oxidation sites excluding steroid dienone is 2. The predicted molar refractivity (Wildman–Crippen MR) is 72.9 cm³/mol. The molecule has 2 rings (SSSR count). The van der Waals surface area contributed by atoms with E-state index in [-0.39, 0.29) is 30.6 Å². The van der Waals surface area contributed by atoms with Crippen LogP contribution in [0, 0.1) is 11.8 Å². The number of carbonyl (C=O) groups excluding carboxylic acids is 1. The molecule has 2 aliphatic rings. The normalized spacial score (nSPS) is 42.8. The number of hydrogen-bond donors (Lipinski definition) is 4. The predicted octanol–water partition coefficient (Wildman–Crippen LogP) is 0.155. The molecule has 0 saturated heterocycles. The van der Waals surface area contributed by atoms with Gasteiger partial charge in [0.1, 0.15) is 0 Å². The third-order valence-electron chi connectivity index (χ3n) is 4.46. The summed E-state index contributed by atoms with van der Waals surface area (Å²) in [5.74, 6) is -0.822. The summed E-state index contributed by atoms with van der Waals surface area (Å²) in [4.78, 5) is 12.1. The van der Waals surface area contributed by atoms with Crippen molar-refractivity contribution in [1.29, 1.82) is 0 Å². The van der Waals surface area contributed by atoms with Crippen LogP contribution in [0.15, 0.2) is 12.2 Å². The quantitative estimate of drug-likeness (QED) is 0.553. The number of rotatable bonds is 3. The Morgan fingerprint density at radius 2 is 1.40 bits per heavy atom. The lowest BCUT2D eigenvalue weighted by Gasteiger charge is -2.33. The van der Waals surface area contributed by atoms with E-state index in [1.807, 2.05) is 6.08 Å². The maximum absolute atomic E-state index is 12.1. The highest BCUT2D eigenvalue weighted by Gasteiger charge is 2.38. The zero-order chi connectivity index (χ0) is 14.7. The molecule has 2 unspecified atom stereocenters. The van der Waals surface area contributed by atoms with Crippen molar-refractivity contribution in [3.8, 4) is 0 Å². The van der Waals surface area contributed by atoms with E-state index in [4.69, 9.17) is 0 Å². The van der Waals surface area contributed by atoms with Gasteiger partial charge < -0.3 is 20.4 Å². The van der Waals surface area contributed by atoms with E-state index >= 15 is 0 Å². The zero-order valence-electron chi connectivity index (χ0n) is 11.6. The lowest BCUT2D eigenvalue weighted by molar-refractivity contribution is -0.134. The van der Waals surface area contributed by atoms with Crippen LogP contribution in [0.4, 0.5) is 0 Å². The molecule has 4 N–H and O–H groups in total. The highest BCUT2D eigenvalue weighted by Crippen LogP contribution is 2.28. The number of aliphatic hydroxyl groups is 4. The summed E-state index contributed by atoms with van der Waals surface area (Å²) in [7, 11) is 0. The summed E-state index contributed by atoms with van der Waals surface area (Å²) in [6, 6.07) is 0. The molecule has 2 atom stereocenters. The van der Waals surface area contributed by atoms with Crippen molar-refractivity contribution >= 4 is 5.78 Å². The van der Waals surface area contributed by atoms with Gasteiger partial charge in [-0.15, -0.1) is 0 Å². The molecule has 5 heteroatoms. The van der Waals surface area contributed by atoms with Crippen LogP contribution >= 0.6 is 0 Å². The van der Waals surface area contributed by atoms with E-state index in [0.717, 1.165) is 25.7 Å². The first-order valence-corrected chi connectivity index (χ1v) is 7.41. The van der Waals surface area contributed by atoms with Crippen LogP contribution in [0.2, 0.25) is 0 Å². The van der Waals surface area contributed by atoms with E-state index in [1.165, 1.54) is 6.08 Å². The average Bonchev–Trinajstić information content (AvgIpc) is 2.37. The van der Waals surface area contributed by atoms with Gasteiger partial charge in [-0.1, -0.05) is 6.08 Å². The Morgan fingerprint density at radius 1 is 0.850 bits per heavy atom. The highest BCUT2D eigenvalue weighted by atomic mass is 16.3. The van der Waals surface area contributed by atoms with Crippen molar-refractivity contribution in [3.05, 3.63) is 12.2 Å². The van der Waals surface area contributed by atoms with Crippen molar-refractivity contribution in [2.24, 2.45) is 11.8 Å². The number of carbonyl (C=O) groups is 1. The van der Waals surface area contributed by atoms with Gasteiger partial charge in [0, 0.05) is 12.8 Å². The van der Waals surface area contributed by atoms with Crippen molar-refractivity contribution in [2.75, 3.05) is 0 Å². The molecular formula is C15H24O5. The first kappa shape index (κ1) is 15.6. The van der Waals surface area contributed by atoms with E-state index < -0.39 is 24.2 Å². The van der Waals surface area contributed by atoms with Crippen LogP contribution in [-0.2, 0) is 4.79 Å². The molecule has 0 aromatic heterocycles. The maximum Gasteiger partial charge on any atom is 0.163 e. The lowest BCUT2D eigenvalue weighted by atomic mass is 9.79. The minimum atomic E-state index is -0.987. The van der Waals surface area contributed by atoms with Gasteiger partial charge in [0.15, 0.2) is 5.78 Å². The molecule has 0 spiro atoms. The molecule has 2 saturated carbocycles. The molecule has 2 fully saturated rings. The van der Waals surface area contributed by atoms with Gasteiger partial charge in [-0.2, -0.15) is 0 Å². The Kier molecular flexibility index (Phi) is 5.32. The largest absolute Gasteiger partial charge is 0.393 e. The molecule has 2 aliphatic carbocycles. The van der Waals surface area contributed by atoms with Gasteiger partial charge in [-0.25, -0.2) is 0 Å². The van der Waals surface area contributed by atoms with E-state index in [1.54, 1.807) is 0 Å². The van der Waals surface area contributed by atoms with Crippen molar-refractivity contribution in [2.45, 2.75) is 62.9 Å². The fourth-order valence-electron chi connectivity index (χ4n) is 3.22. The van der Waals surface area contributed by atoms with Gasteiger partial charge in [-0.05, 0) is 37.7 Å². The highest BCUT2D eigenvalue weighted by molar-refractivity contribution is 5.92. The standard InChI is InChI=1S/C15H24O5/c16-10-4-1-9(2-5-10)3-6-12(18)15-13(19)7-11(17)8-14(15)20/h3,6,9-11,13-17,19-20H,1-2,4-5,7-8H2/b6-3+. The van der Waals surface area contributed by atoms with Crippen LogP contribution in [0.3, 0.4) is 0 Å². The van der Waals surface area contributed by atoms with Crippen LogP contribution in [0.5, 0.6) is 0 Å². The van der Waals surface area contributed by atoms with Crippen molar-refractivity contribution < 1.29 is 25.2 Å². The second-order valence-electron chi connectivity index (χ2n) is 6.12. The van der Waals surface area contributed by atoms with E-state index in [2.05, 4.69) is 0 Å². The summed E-state index contributed by atoms with van der Waals surface area (Å²) < 4.78 is 0. The molecule has 0 aromatic carbocycles. The van der Waals surface area contributed by atoms with Crippen LogP contribution in [0.25, 0.3) is 0 Å². The number of ketones is 1. The zero-order valence-corrected chi connectivity index (χ0v) is 11.6. The summed E-state index contributed by atoms with van der Waals surface area (Å²) >= 11 is 0.